The molecule has 0 aliphatic carbocycles. The second kappa shape index (κ2) is 8.80. The van der Waals surface area contributed by atoms with Crippen LogP contribution >= 0.6 is 0 Å². The van der Waals surface area contributed by atoms with Gasteiger partial charge in [0.1, 0.15) is 17.0 Å². The number of ether oxygens (including phenoxy) is 1. The molecule has 0 atom stereocenters. The van der Waals surface area contributed by atoms with Crippen LogP contribution in [0.1, 0.15) is 38.2 Å². The minimum absolute atomic E-state index is 0.0773. The zero-order valence-electron chi connectivity index (χ0n) is 20.5. The van der Waals surface area contributed by atoms with Crippen LogP contribution in [-0.2, 0) is 15.7 Å². The summed E-state index contributed by atoms with van der Waals surface area (Å²) in [6.07, 6.45) is 1.68. The first kappa shape index (κ1) is 23.8. The molecule has 0 aliphatic rings. The fourth-order valence-electron chi connectivity index (χ4n) is 3.44. The Bertz CT molecular complexity index is 1340. The first-order chi connectivity index (χ1) is 16.0. The van der Waals surface area contributed by atoms with Crippen LogP contribution in [0.5, 0.6) is 0 Å². The highest BCUT2D eigenvalue weighted by Crippen LogP contribution is 2.36. The van der Waals surface area contributed by atoms with Gasteiger partial charge in [-0.1, -0.05) is 26.8 Å². The van der Waals surface area contributed by atoms with Crippen LogP contribution < -0.4 is 5.73 Å². The van der Waals surface area contributed by atoms with Crippen LogP contribution in [-0.4, -0.2) is 56.6 Å². The van der Waals surface area contributed by atoms with E-state index in [1.54, 1.807) is 23.8 Å². The third kappa shape index (κ3) is 4.28. The monoisotopic (exact) mass is 481 g/mol. The summed E-state index contributed by atoms with van der Waals surface area (Å²) in [5.41, 5.74) is 8.28. The van der Waals surface area contributed by atoms with E-state index < -0.39 is 14.3 Å². The van der Waals surface area contributed by atoms with Crippen molar-refractivity contribution in [2.24, 2.45) is 0 Å². The van der Waals surface area contributed by atoms with Crippen molar-refractivity contribution in [1.82, 2.24) is 29.1 Å². The topological polar surface area (TPSA) is 122 Å². The molecule has 4 heterocycles. The van der Waals surface area contributed by atoms with Crippen LogP contribution in [0.4, 0.5) is 5.95 Å². The first-order valence-corrected chi connectivity index (χ1v) is 14.2. The number of nitrogens with two attached hydrogens (primary N) is 1. The van der Waals surface area contributed by atoms with Crippen LogP contribution in [0.25, 0.3) is 28.2 Å². The van der Waals surface area contributed by atoms with Crippen molar-refractivity contribution in [3.05, 3.63) is 36.2 Å². The Morgan fingerprint density at radius 3 is 2.59 bits per heavy atom. The van der Waals surface area contributed by atoms with Gasteiger partial charge in [-0.15, -0.1) is 5.10 Å². The average molecular weight is 482 g/mol. The normalized spacial score (nSPS) is 12.5. The van der Waals surface area contributed by atoms with E-state index in [1.807, 2.05) is 18.2 Å². The lowest BCUT2D eigenvalue weighted by atomic mass is 10.2. The fourth-order valence-corrected chi connectivity index (χ4v) is 4.47. The summed E-state index contributed by atoms with van der Waals surface area (Å²) in [7, 11) is -1.96. The molecule has 0 radical (unpaired) electrons. The predicted molar refractivity (Wildman–Crippen MR) is 133 cm³/mol. The van der Waals surface area contributed by atoms with Crippen molar-refractivity contribution < 1.29 is 14.0 Å². The Balaban J connectivity index is 1.81. The van der Waals surface area contributed by atoms with E-state index >= 15 is 0 Å². The molecule has 0 aromatic carbocycles. The van der Waals surface area contributed by atoms with Crippen molar-refractivity contribution >= 4 is 36.9 Å². The quantitative estimate of drug-likeness (QED) is 0.311. The van der Waals surface area contributed by atoms with Gasteiger partial charge in [-0.3, -0.25) is 4.98 Å². The van der Waals surface area contributed by atoms with Gasteiger partial charge < -0.3 is 19.5 Å². The Kier molecular flexibility index (Phi) is 6.17. The van der Waals surface area contributed by atoms with Gasteiger partial charge in [0.2, 0.25) is 11.8 Å². The van der Waals surface area contributed by atoms with Crippen LogP contribution in [0.2, 0.25) is 18.1 Å². The van der Waals surface area contributed by atoms with E-state index in [9.17, 15) is 4.79 Å². The van der Waals surface area contributed by atoms with Crippen molar-refractivity contribution in [2.45, 2.75) is 52.4 Å². The van der Waals surface area contributed by atoms with Gasteiger partial charge in [0.05, 0.1) is 18.6 Å². The number of aromatic nitrogens is 6. The number of carbonyl (C=O) groups excluding carboxylic acids is 1. The average Bonchev–Trinajstić information content (AvgIpc) is 3.37. The lowest BCUT2D eigenvalue weighted by Crippen LogP contribution is -2.41. The summed E-state index contributed by atoms with van der Waals surface area (Å²) in [4.78, 5) is 26.4. The molecule has 0 spiro atoms. The zero-order chi connectivity index (χ0) is 24.7. The molecular weight excluding hydrogens is 450 g/mol. The maximum atomic E-state index is 12.8. The minimum Gasteiger partial charge on any atom is -0.461 e. The van der Waals surface area contributed by atoms with E-state index in [0.29, 0.717) is 47.0 Å². The van der Waals surface area contributed by atoms with Gasteiger partial charge in [-0.05, 0) is 43.3 Å². The standard InChI is InChI=1S/C23H31N7O3Si/c1-7-32-21(31)17-14-15-19(29(17)12-13-33-34(5,6)23(2,3)4)27-22(24)30-20(15)26-18(28-30)16-10-8-9-11-25-16/h8-11,14H,7,12-13H2,1-6H3,(H2,24,27). The molecule has 0 saturated heterocycles. The molecule has 34 heavy (non-hydrogen) atoms. The zero-order valence-corrected chi connectivity index (χ0v) is 21.5. The molecule has 0 fully saturated rings. The van der Waals surface area contributed by atoms with Crippen molar-refractivity contribution in [1.29, 1.82) is 0 Å². The summed E-state index contributed by atoms with van der Waals surface area (Å²) in [6.45, 7) is 13.9. The third-order valence-corrected chi connectivity index (χ3v) is 10.9. The highest BCUT2D eigenvalue weighted by atomic mass is 28.4. The molecule has 4 aromatic rings. The van der Waals surface area contributed by atoms with E-state index in [2.05, 4.69) is 53.9 Å². The number of rotatable bonds is 7. The molecule has 0 bridgehead atoms. The van der Waals surface area contributed by atoms with Crippen molar-refractivity contribution in [3.63, 3.8) is 0 Å². The summed E-state index contributed by atoms with van der Waals surface area (Å²) in [6, 6.07) is 7.25. The molecule has 0 aliphatic heterocycles. The molecule has 11 heteroatoms. The molecule has 0 unspecified atom stereocenters. The number of fused-ring (bicyclic) bond motifs is 3. The van der Waals surface area contributed by atoms with Crippen molar-refractivity contribution in [2.75, 3.05) is 18.9 Å². The van der Waals surface area contributed by atoms with Crippen LogP contribution in [0, 0.1) is 0 Å². The molecule has 4 aromatic heterocycles. The Morgan fingerprint density at radius 1 is 1.18 bits per heavy atom. The molecule has 4 rings (SSSR count). The lowest BCUT2D eigenvalue weighted by molar-refractivity contribution is 0.0513. The first-order valence-electron chi connectivity index (χ1n) is 11.3. The predicted octanol–water partition coefficient (Wildman–Crippen LogP) is 3.92. The van der Waals surface area contributed by atoms with Gasteiger partial charge in [0, 0.05) is 12.7 Å². The summed E-state index contributed by atoms with van der Waals surface area (Å²) >= 11 is 0. The number of nitrogens with zero attached hydrogens (tertiary/aromatic N) is 6. The lowest BCUT2D eigenvalue weighted by Gasteiger charge is -2.36. The number of carbonyl (C=O) groups is 1. The number of hydrogen-bond donors (Lipinski definition) is 1. The van der Waals surface area contributed by atoms with Gasteiger partial charge in [0.25, 0.3) is 0 Å². The second-order valence-electron chi connectivity index (χ2n) is 9.60. The number of anilines is 1. The number of hydrogen-bond acceptors (Lipinski definition) is 8. The number of esters is 1. The summed E-state index contributed by atoms with van der Waals surface area (Å²) < 4.78 is 14.9. The van der Waals surface area contributed by atoms with Gasteiger partial charge in [0.15, 0.2) is 14.0 Å². The van der Waals surface area contributed by atoms with Gasteiger partial charge in [-0.25, -0.2) is 9.78 Å². The molecule has 0 amide bonds. The highest BCUT2D eigenvalue weighted by Gasteiger charge is 2.37. The number of pyridine rings is 1. The van der Waals surface area contributed by atoms with Crippen LogP contribution in [0.3, 0.4) is 0 Å². The van der Waals surface area contributed by atoms with Crippen molar-refractivity contribution in [3.8, 4) is 11.5 Å². The number of nitrogen functional groups attached to an aromatic ring is 1. The van der Waals surface area contributed by atoms with Gasteiger partial charge >= 0.3 is 5.97 Å². The Hall–Kier alpha value is -3.31. The van der Waals surface area contributed by atoms with E-state index in [4.69, 9.17) is 14.9 Å². The molecular formula is C23H31N7O3Si. The summed E-state index contributed by atoms with van der Waals surface area (Å²) in [5.74, 6) is 0.152. The maximum Gasteiger partial charge on any atom is 0.355 e. The molecule has 10 nitrogen and oxygen atoms in total. The molecule has 0 saturated carbocycles. The fraction of sp³-hybridized carbons (Fsp3) is 0.435. The van der Waals surface area contributed by atoms with Crippen LogP contribution in [0.15, 0.2) is 30.5 Å². The third-order valence-electron chi connectivity index (χ3n) is 6.32. The second-order valence-corrected chi connectivity index (χ2v) is 14.4. The SMILES string of the molecule is CCOC(=O)c1cc2c(nc(N)n3nc(-c4ccccn4)nc23)n1CCO[Si](C)(C)C(C)(C)C. The molecule has 2 N–H and O–H groups in total. The smallest absolute Gasteiger partial charge is 0.355 e. The maximum absolute atomic E-state index is 12.8. The minimum atomic E-state index is -1.96. The highest BCUT2D eigenvalue weighted by molar-refractivity contribution is 6.74. The summed E-state index contributed by atoms with van der Waals surface area (Å²) in [5, 5.41) is 5.21. The van der Waals surface area contributed by atoms with E-state index in [1.165, 1.54) is 4.52 Å². The Labute approximate surface area is 199 Å². The van der Waals surface area contributed by atoms with Gasteiger partial charge in [-0.2, -0.15) is 9.50 Å². The molecule has 180 valence electrons. The van der Waals surface area contributed by atoms with E-state index in [0.717, 1.165) is 0 Å². The Morgan fingerprint density at radius 2 is 1.94 bits per heavy atom. The largest absolute Gasteiger partial charge is 0.461 e. The van der Waals surface area contributed by atoms with E-state index in [-0.39, 0.29) is 17.6 Å².